The molecular formula is C18H18N2O2S. The normalized spacial score (nSPS) is 12.3. The van der Waals surface area contributed by atoms with Crippen LogP contribution in [-0.2, 0) is 11.2 Å². The summed E-state index contributed by atoms with van der Waals surface area (Å²) >= 11 is 1.32. The molecule has 0 aliphatic rings. The van der Waals surface area contributed by atoms with Gasteiger partial charge in [0.15, 0.2) is 0 Å². The van der Waals surface area contributed by atoms with Gasteiger partial charge in [-0.3, -0.25) is 13.5 Å². The van der Waals surface area contributed by atoms with Gasteiger partial charge in [0, 0.05) is 5.69 Å². The van der Waals surface area contributed by atoms with Crippen LogP contribution in [0.1, 0.15) is 25.5 Å². The van der Waals surface area contributed by atoms with Gasteiger partial charge in [-0.1, -0.05) is 42.7 Å². The van der Waals surface area contributed by atoms with E-state index in [4.69, 9.17) is 0 Å². The number of aryl methyl sites for hydroxylation is 1. The predicted octanol–water partition coefficient (Wildman–Crippen LogP) is 3.83. The first-order valence-corrected chi connectivity index (χ1v) is 8.38. The van der Waals surface area contributed by atoms with Crippen LogP contribution in [0.15, 0.2) is 53.3 Å². The summed E-state index contributed by atoms with van der Waals surface area (Å²) < 4.78 is 2.42. The molecule has 0 radical (unpaired) electrons. The number of hydrogen-bond donors (Lipinski definition) is 1. The zero-order valence-electron chi connectivity index (χ0n) is 13.1. The van der Waals surface area contributed by atoms with Gasteiger partial charge < -0.3 is 5.32 Å². The minimum atomic E-state index is -0.550. The molecule has 5 heteroatoms. The molecule has 0 saturated heterocycles. The average molecular weight is 326 g/mol. The Morgan fingerprint density at radius 2 is 1.87 bits per heavy atom. The summed E-state index contributed by atoms with van der Waals surface area (Å²) in [7, 11) is 0. The van der Waals surface area contributed by atoms with E-state index in [1.165, 1.54) is 21.1 Å². The Hall–Kier alpha value is -2.40. The van der Waals surface area contributed by atoms with Gasteiger partial charge in [0.1, 0.15) is 6.04 Å². The van der Waals surface area contributed by atoms with E-state index in [9.17, 15) is 9.59 Å². The van der Waals surface area contributed by atoms with Crippen molar-refractivity contribution in [3.05, 3.63) is 64.4 Å². The maximum Gasteiger partial charge on any atom is 0.269 e. The van der Waals surface area contributed by atoms with Crippen molar-refractivity contribution in [2.75, 3.05) is 5.32 Å². The lowest BCUT2D eigenvalue weighted by atomic mass is 10.1. The number of anilines is 1. The van der Waals surface area contributed by atoms with Crippen molar-refractivity contribution < 1.29 is 4.79 Å². The number of carbonyl (C=O) groups is 1. The minimum absolute atomic E-state index is 0.116. The van der Waals surface area contributed by atoms with Crippen molar-refractivity contribution >= 4 is 33.2 Å². The van der Waals surface area contributed by atoms with Crippen molar-refractivity contribution in [3.8, 4) is 0 Å². The number of fused-ring (bicyclic) bond motifs is 1. The van der Waals surface area contributed by atoms with E-state index in [0.717, 1.165) is 16.8 Å². The molecule has 3 rings (SSSR count). The smallest absolute Gasteiger partial charge is 0.269 e. The highest BCUT2D eigenvalue weighted by atomic mass is 32.1. The molecule has 2 aromatic carbocycles. The third-order valence-electron chi connectivity index (χ3n) is 3.88. The zero-order chi connectivity index (χ0) is 16.4. The van der Waals surface area contributed by atoms with E-state index in [-0.39, 0.29) is 11.5 Å². The fourth-order valence-corrected chi connectivity index (χ4v) is 3.46. The molecule has 0 aliphatic heterocycles. The molecule has 1 aromatic heterocycles. The van der Waals surface area contributed by atoms with Crippen LogP contribution in [0.5, 0.6) is 0 Å². The lowest BCUT2D eigenvalue weighted by molar-refractivity contribution is -0.118. The summed E-state index contributed by atoms with van der Waals surface area (Å²) in [5.74, 6) is -0.192. The number of hydrogen-bond acceptors (Lipinski definition) is 3. The van der Waals surface area contributed by atoms with Crippen molar-refractivity contribution in [2.45, 2.75) is 26.3 Å². The van der Waals surface area contributed by atoms with Gasteiger partial charge in [0.2, 0.25) is 5.91 Å². The maximum absolute atomic E-state index is 12.4. The summed E-state index contributed by atoms with van der Waals surface area (Å²) in [6.07, 6.45) is 0.960. The molecule has 1 amide bonds. The quantitative estimate of drug-likeness (QED) is 0.792. The lowest BCUT2D eigenvalue weighted by Gasteiger charge is -2.12. The Morgan fingerprint density at radius 1 is 1.17 bits per heavy atom. The first kappa shape index (κ1) is 15.5. The molecule has 0 saturated carbocycles. The Labute approximate surface area is 138 Å². The predicted molar refractivity (Wildman–Crippen MR) is 95.2 cm³/mol. The second kappa shape index (κ2) is 6.38. The van der Waals surface area contributed by atoms with Gasteiger partial charge in [-0.05, 0) is 43.2 Å². The van der Waals surface area contributed by atoms with E-state index >= 15 is 0 Å². The number of nitrogens with one attached hydrogen (secondary N) is 1. The van der Waals surface area contributed by atoms with Crippen molar-refractivity contribution in [2.24, 2.45) is 0 Å². The van der Waals surface area contributed by atoms with Crippen LogP contribution in [0.4, 0.5) is 5.69 Å². The van der Waals surface area contributed by atoms with Gasteiger partial charge in [0.05, 0.1) is 10.1 Å². The Morgan fingerprint density at radius 3 is 2.52 bits per heavy atom. The molecule has 23 heavy (non-hydrogen) atoms. The van der Waals surface area contributed by atoms with Crippen LogP contribution in [0.2, 0.25) is 0 Å². The van der Waals surface area contributed by atoms with Gasteiger partial charge in [-0.2, -0.15) is 0 Å². The topological polar surface area (TPSA) is 51.1 Å². The van der Waals surface area contributed by atoms with Crippen LogP contribution >= 0.6 is 11.5 Å². The molecule has 4 nitrogen and oxygen atoms in total. The average Bonchev–Trinajstić information content (AvgIpc) is 2.92. The summed E-state index contributed by atoms with van der Waals surface area (Å²) in [4.78, 5) is 24.8. The molecule has 0 fully saturated rings. The van der Waals surface area contributed by atoms with Crippen LogP contribution in [0.3, 0.4) is 0 Å². The Balaban J connectivity index is 1.83. The molecule has 1 atom stereocenters. The Kier molecular flexibility index (Phi) is 4.30. The second-order valence-electron chi connectivity index (χ2n) is 5.43. The van der Waals surface area contributed by atoms with E-state index in [1.54, 1.807) is 13.0 Å². The standard InChI is InChI=1S/C18H18N2O2S/c1-3-13-8-10-14(11-9-13)19-17(21)12(2)20-18(22)15-6-4-5-7-16(15)23-20/h4-12H,3H2,1-2H3,(H,19,21)/t12-/m1/s1. The minimum Gasteiger partial charge on any atom is -0.324 e. The number of benzene rings is 2. The fourth-order valence-electron chi connectivity index (χ4n) is 2.42. The fraction of sp³-hybridized carbons (Fsp3) is 0.222. The van der Waals surface area contributed by atoms with Crippen LogP contribution < -0.4 is 10.9 Å². The van der Waals surface area contributed by atoms with Crippen molar-refractivity contribution in [1.82, 2.24) is 3.96 Å². The molecule has 3 aromatic rings. The number of aromatic nitrogens is 1. The summed E-state index contributed by atoms with van der Waals surface area (Å²) in [6.45, 7) is 3.83. The number of amides is 1. The first-order chi connectivity index (χ1) is 11.1. The van der Waals surface area contributed by atoms with E-state index < -0.39 is 6.04 Å². The summed E-state index contributed by atoms with van der Waals surface area (Å²) in [5, 5.41) is 3.53. The monoisotopic (exact) mass is 326 g/mol. The van der Waals surface area contributed by atoms with Crippen LogP contribution in [-0.4, -0.2) is 9.86 Å². The van der Waals surface area contributed by atoms with Gasteiger partial charge >= 0.3 is 0 Å². The molecule has 0 aliphatic carbocycles. The second-order valence-corrected chi connectivity index (χ2v) is 6.45. The number of rotatable bonds is 4. The van der Waals surface area contributed by atoms with Crippen LogP contribution in [0.25, 0.3) is 10.1 Å². The molecule has 0 spiro atoms. The molecule has 1 N–H and O–H groups in total. The van der Waals surface area contributed by atoms with Crippen molar-refractivity contribution in [3.63, 3.8) is 0 Å². The van der Waals surface area contributed by atoms with Crippen LogP contribution in [0, 0.1) is 0 Å². The molecule has 0 bridgehead atoms. The number of nitrogens with zero attached hydrogens (tertiary/aromatic N) is 1. The largest absolute Gasteiger partial charge is 0.324 e. The zero-order valence-corrected chi connectivity index (χ0v) is 13.9. The third kappa shape index (κ3) is 3.05. The molecule has 1 heterocycles. The maximum atomic E-state index is 12.4. The van der Waals surface area contributed by atoms with E-state index in [0.29, 0.717) is 5.39 Å². The highest BCUT2D eigenvalue weighted by Gasteiger charge is 2.19. The third-order valence-corrected chi connectivity index (χ3v) is 5.11. The summed E-state index contributed by atoms with van der Waals surface area (Å²) in [5.41, 5.74) is 1.85. The first-order valence-electron chi connectivity index (χ1n) is 7.60. The van der Waals surface area contributed by atoms with Gasteiger partial charge in [-0.25, -0.2) is 0 Å². The summed E-state index contributed by atoms with van der Waals surface area (Å²) in [6, 6.07) is 14.6. The molecule has 0 unspecified atom stereocenters. The number of carbonyl (C=O) groups excluding carboxylic acids is 1. The van der Waals surface area contributed by atoms with Crippen molar-refractivity contribution in [1.29, 1.82) is 0 Å². The van der Waals surface area contributed by atoms with E-state index in [1.807, 2.05) is 42.5 Å². The lowest BCUT2D eigenvalue weighted by Crippen LogP contribution is -2.28. The highest BCUT2D eigenvalue weighted by Crippen LogP contribution is 2.20. The SMILES string of the molecule is CCc1ccc(NC(=O)[C@@H](C)n2sc3ccccc3c2=O)cc1. The van der Waals surface area contributed by atoms with Gasteiger partial charge in [-0.15, -0.1) is 0 Å². The molecule has 118 valence electrons. The highest BCUT2D eigenvalue weighted by molar-refractivity contribution is 7.14. The van der Waals surface area contributed by atoms with E-state index in [2.05, 4.69) is 12.2 Å². The Bertz CT molecular complexity index is 893. The van der Waals surface area contributed by atoms with Gasteiger partial charge in [0.25, 0.3) is 5.56 Å². The molecular weight excluding hydrogens is 308 g/mol.